The minimum atomic E-state index is 0.0186. The maximum absolute atomic E-state index is 12.1. The van der Waals surface area contributed by atoms with Gasteiger partial charge in [0.2, 0.25) is 5.91 Å². The van der Waals surface area contributed by atoms with Gasteiger partial charge in [0.15, 0.2) is 5.13 Å². The molecular weight excluding hydrogens is 372 g/mol. The highest BCUT2D eigenvalue weighted by molar-refractivity contribution is 7.99. The summed E-state index contributed by atoms with van der Waals surface area (Å²) in [5, 5.41) is 4.35. The first-order chi connectivity index (χ1) is 12.0. The molecule has 1 amide bonds. The molecule has 3 aromatic rings. The average molecular weight is 391 g/mol. The predicted octanol–water partition coefficient (Wildman–Crippen LogP) is 6.08. The van der Waals surface area contributed by atoms with Crippen LogP contribution in [0.5, 0.6) is 0 Å². The molecule has 25 heavy (non-hydrogen) atoms. The van der Waals surface area contributed by atoms with E-state index in [0.717, 1.165) is 27.4 Å². The summed E-state index contributed by atoms with van der Waals surface area (Å²) >= 11 is 9.14. The lowest BCUT2D eigenvalue weighted by Crippen LogP contribution is -2.11. The first kappa shape index (κ1) is 18.2. The monoisotopic (exact) mass is 390 g/mol. The fraction of sp³-hybridized carbons (Fsp3) is 0.263. The number of fused-ring (bicyclic) bond motifs is 1. The van der Waals surface area contributed by atoms with E-state index in [2.05, 4.69) is 36.3 Å². The van der Waals surface area contributed by atoms with Crippen molar-refractivity contribution in [3.05, 3.63) is 52.5 Å². The van der Waals surface area contributed by atoms with Crippen molar-refractivity contribution in [2.24, 2.45) is 0 Å². The van der Waals surface area contributed by atoms with Gasteiger partial charge >= 0.3 is 0 Å². The molecule has 0 spiro atoms. The normalized spacial score (nSPS) is 11.0. The predicted molar refractivity (Wildman–Crippen MR) is 109 cm³/mol. The van der Waals surface area contributed by atoms with Crippen LogP contribution in [0.1, 0.15) is 24.0 Å². The standard InChI is InChI=1S/C19H19ClN2OS2/c1-12-10-13(2)18-16(11-12)21-19(25-18)22-17(23)4-3-9-24-15-7-5-14(20)6-8-15/h5-8,10-11H,3-4,9H2,1-2H3,(H,21,22,23). The summed E-state index contributed by atoms with van der Waals surface area (Å²) in [6.45, 7) is 4.13. The highest BCUT2D eigenvalue weighted by atomic mass is 35.5. The van der Waals surface area contributed by atoms with E-state index < -0.39 is 0 Å². The number of aromatic nitrogens is 1. The number of nitrogens with zero attached hydrogens (tertiary/aromatic N) is 1. The number of halogens is 1. The number of thiazole rings is 1. The molecule has 0 aliphatic rings. The van der Waals surface area contributed by atoms with E-state index in [0.29, 0.717) is 11.6 Å². The fourth-order valence-corrected chi connectivity index (χ4v) is 4.48. The van der Waals surface area contributed by atoms with Crippen LogP contribution in [0.15, 0.2) is 41.3 Å². The van der Waals surface area contributed by atoms with Crippen LogP contribution in [0.3, 0.4) is 0 Å². The number of nitrogens with one attached hydrogen (secondary N) is 1. The summed E-state index contributed by atoms with van der Waals surface area (Å²) in [5.74, 6) is 0.915. The van der Waals surface area contributed by atoms with E-state index >= 15 is 0 Å². The van der Waals surface area contributed by atoms with Gasteiger partial charge in [0, 0.05) is 16.3 Å². The van der Waals surface area contributed by atoms with Crippen LogP contribution in [-0.2, 0) is 4.79 Å². The Morgan fingerprint density at radius 1 is 1.24 bits per heavy atom. The molecule has 0 bridgehead atoms. The molecule has 2 aromatic carbocycles. The number of hydrogen-bond acceptors (Lipinski definition) is 4. The van der Waals surface area contributed by atoms with E-state index in [1.165, 1.54) is 27.4 Å². The van der Waals surface area contributed by atoms with E-state index in [1.807, 2.05) is 24.3 Å². The summed E-state index contributed by atoms with van der Waals surface area (Å²) in [5.41, 5.74) is 3.34. The second-order valence-electron chi connectivity index (χ2n) is 5.90. The summed E-state index contributed by atoms with van der Waals surface area (Å²) in [6.07, 6.45) is 1.32. The molecule has 3 rings (SSSR count). The van der Waals surface area contributed by atoms with Gasteiger partial charge in [-0.05, 0) is 67.5 Å². The minimum Gasteiger partial charge on any atom is -0.302 e. The van der Waals surface area contributed by atoms with Crippen LogP contribution in [0.2, 0.25) is 5.02 Å². The topological polar surface area (TPSA) is 42.0 Å². The van der Waals surface area contributed by atoms with Crippen LogP contribution in [-0.4, -0.2) is 16.6 Å². The third kappa shape index (κ3) is 4.97. The van der Waals surface area contributed by atoms with Crippen LogP contribution < -0.4 is 5.32 Å². The molecule has 1 N–H and O–H groups in total. The number of carbonyl (C=O) groups is 1. The van der Waals surface area contributed by atoms with E-state index in [4.69, 9.17) is 11.6 Å². The molecule has 0 saturated carbocycles. The van der Waals surface area contributed by atoms with Gasteiger partial charge < -0.3 is 5.32 Å². The van der Waals surface area contributed by atoms with Gasteiger partial charge in [0.05, 0.1) is 10.2 Å². The molecule has 6 heteroatoms. The number of carbonyl (C=O) groups excluding carboxylic acids is 1. The van der Waals surface area contributed by atoms with E-state index in [-0.39, 0.29) is 5.91 Å². The first-order valence-electron chi connectivity index (χ1n) is 8.07. The van der Waals surface area contributed by atoms with Crippen molar-refractivity contribution < 1.29 is 4.79 Å². The molecule has 0 saturated heterocycles. The highest BCUT2D eigenvalue weighted by Gasteiger charge is 2.10. The van der Waals surface area contributed by atoms with Gasteiger partial charge in [-0.15, -0.1) is 11.8 Å². The Morgan fingerprint density at radius 2 is 2.00 bits per heavy atom. The van der Waals surface area contributed by atoms with Crippen molar-refractivity contribution in [2.45, 2.75) is 31.6 Å². The van der Waals surface area contributed by atoms with Gasteiger partial charge in [0.1, 0.15) is 0 Å². The quantitative estimate of drug-likeness (QED) is 0.409. The number of rotatable bonds is 6. The van der Waals surface area contributed by atoms with Crippen LogP contribution >= 0.6 is 34.7 Å². The SMILES string of the molecule is Cc1cc(C)c2sc(NC(=O)CCCSc3ccc(Cl)cc3)nc2c1. The number of aryl methyl sites for hydroxylation is 2. The van der Waals surface area contributed by atoms with Crippen molar-refractivity contribution in [2.75, 3.05) is 11.1 Å². The van der Waals surface area contributed by atoms with E-state index in [9.17, 15) is 4.79 Å². The molecule has 1 heterocycles. The maximum Gasteiger partial charge on any atom is 0.226 e. The Hall–Kier alpha value is -1.56. The van der Waals surface area contributed by atoms with Crippen molar-refractivity contribution in [3.63, 3.8) is 0 Å². The molecule has 3 nitrogen and oxygen atoms in total. The Kier molecular flexibility index (Phi) is 5.99. The Morgan fingerprint density at radius 3 is 2.76 bits per heavy atom. The molecule has 0 fully saturated rings. The highest BCUT2D eigenvalue weighted by Crippen LogP contribution is 2.30. The molecule has 0 atom stereocenters. The fourth-order valence-electron chi connectivity index (χ4n) is 2.57. The zero-order valence-corrected chi connectivity index (χ0v) is 16.5. The lowest BCUT2D eigenvalue weighted by molar-refractivity contribution is -0.116. The van der Waals surface area contributed by atoms with E-state index in [1.54, 1.807) is 11.8 Å². The lowest BCUT2D eigenvalue weighted by atomic mass is 10.1. The third-order valence-electron chi connectivity index (χ3n) is 3.70. The number of benzene rings is 2. The molecule has 0 radical (unpaired) electrons. The van der Waals surface area contributed by atoms with Crippen LogP contribution in [0.25, 0.3) is 10.2 Å². The maximum atomic E-state index is 12.1. The summed E-state index contributed by atoms with van der Waals surface area (Å²) in [6, 6.07) is 12.0. The molecule has 1 aromatic heterocycles. The molecular formula is C19H19ClN2OS2. The minimum absolute atomic E-state index is 0.0186. The summed E-state index contributed by atoms with van der Waals surface area (Å²) < 4.78 is 1.14. The van der Waals surface area contributed by atoms with Gasteiger partial charge in [0.25, 0.3) is 0 Å². The van der Waals surface area contributed by atoms with Gasteiger partial charge in [-0.25, -0.2) is 4.98 Å². The Balaban J connectivity index is 1.49. The zero-order chi connectivity index (χ0) is 17.8. The average Bonchev–Trinajstić information content (AvgIpc) is 2.96. The third-order valence-corrected chi connectivity index (χ3v) is 6.17. The Bertz CT molecular complexity index is 890. The first-order valence-corrected chi connectivity index (χ1v) is 10.3. The largest absolute Gasteiger partial charge is 0.302 e. The number of amides is 1. The number of thioether (sulfide) groups is 1. The molecule has 0 aliphatic heterocycles. The van der Waals surface area contributed by atoms with Gasteiger partial charge in [-0.1, -0.05) is 29.0 Å². The Labute approximate surface area is 160 Å². The van der Waals surface area contributed by atoms with Crippen LogP contribution in [0.4, 0.5) is 5.13 Å². The molecule has 130 valence electrons. The van der Waals surface area contributed by atoms with Crippen LogP contribution in [0, 0.1) is 13.8 Å². The van der Waals surface area contributed by atoms with Crippen molar-refractivity contribution in [1.29, 1.82) is 0 Å². The molecule has 0 unspecified atom stereocenters. The smallest absolute Gasteiger partial charge is 0.226 e. The van der Waals surface area contributed by atoms with Gasteiger partial charge in [-0.3, -0.25) is 4.79 Å². The van der Waals surface area contributed by atoms with Crippen molar-refractivity contribution >= 4 is 56.0 Å². The molecule has 0 aliphatic carbocycles. The summed E-state index contributed by atoms with van der Waals surface area (Å²) in [7, 11) is 0. The van der Waals surface area contributed by atoms with Gasteiger partial charge in [-0.2, -0.15) is 0 Å². The number of anilines is 1. The lowest BCUT2D eigenvalue weighted by Gasteiger charge is -2.03. The van der Waals surface area contributed by atoms with Crippen molar-refractivity contribution in [1.82, 2.24) is 4.98 Å². The summed E-state index contributed by atoms with van der Waals surface area (Å²) in [4.78, 5) is 17.8. The van der Waals surface area contributed by atoms with Crippen molar-refractivity contribution in [3.8, 4) is 0 Å². The number of hydrogen-bond donors (Lipinski definition) is 1. The second-order valence-corrected chi connectivity index (χ2v) is 8.51. The zero-order valence-electron chi connectivity index (χ0n) is 14.1. The second kappa shape index (κ2) is 8.21.